The molecule has 1 saturated carbocycles. The Morgan fingerprint density at radius 1 is 1.50 bits per heavy atom. The van der Waals surface area contributed by atoms with Crippen LogP contribution in [0.5, 0.6) is 0 Å². The molecule has 0 saturated heterocycles. The smallest absolute Gasteiger partial charge is 0.295 e. The van der Waals surface area contributed by atoms with Crippen molar-refractivity contribution in [1.82, 2.24) is 0 Å². The average Bonchev–Trinajstić information content (AvgIpc) is 2.39. The minimum absolute atomic E-state index is 0.246. The van der Waals surface area contributed by atoms with Crippen molar-refractivity contribution >= 4 is 11.4 Å². The van der Waals surface area contributed by atoms with Gasteiger partial charge in [0.25, 0.3) is 5.69 Å². The number of rotatable bonds is 4. The largest absolute Gasteiger partial charge is 0.393 e. The lowest BCUT2D eigenvalue weighted by Gasteiger charge is -2.26. The second kappa shape index (κ2) is 6.17. The fourth-order valence-electron chi connectivity index (χ4n) is 2.67. The van der Waals surface area contributed by atoms with Gasteiger partial charge >= 0.3 is 0 Å². The van der Waals surface area contributed by atoms with Crippen LogP contribution in [0.25, 0.3) is 0 Å². The van der Waals surface area contributed by atoms with Gasteiger partial charge in [0.2, 0.25) is 0 Å². The summed E-state index contributed by atoms with van der Waals surface area (Å²) < 4.78 is 13.4. The van der Waals surface area contributed by atoms with E-state index < -0.39 is 10.7 Å². The molecule has 0 heterocycles. The number of nitro groups is 1. The van der Waals surface area contributed by atoms with Crippen LogP contribution in [0.1, 0.15) is 31.2 Å². The molecule has 110 valence electrons. The van der Waals surface area contributed by atoms with E-state index in [-0.39, 0.29) is 11.8 Å². The van der Waals surface area contributed by atoms with Gasteiger partial charge in [0, 0.05) is 6.54 Å². The molecular formula is C14H19FN2O3. The number of nitro benzene ring substituents is 1. The molecule has 20 heavy (non-hydrogen) atoms. The zero-order valence-electron chi connectivity index (χ0n) is 11.4. The first-order valence-corrected chi connectivity index (χ1v) is 6.84. The molecule has 2 atom stereocenters. The van der Waals surface area contributed by atoms with Gasteiger partial charge in [0.1, 0.15) is 11.5 Å². The van der Waals surface area contributed by atoms with E-state index in [9.17, 15) is 19.6 Å². The average molecular weight is 282 g/mol. The first kappa shape index (κ1) is 14.7. The van der Waals surface area contributed by atoms with Crippen LogP contribution in [0, 0.1) is 28.8 Å². The molecule has 1 aliphatic carbocycles. The Morgan fingerprint density at radius 3 is 2.90 bits per heavy atom. The number of nitrogens with one attached hydrogen (secondary N) is 1. The molecule has 5 nitrogen and oxygen atoms in total. The van der Waals surface area contributed by atoms with Gasteiger partial charge in [-0.25, -0.2) is 4.39 Å². The maximum Gasteiger partial charge on any atom is 0.295 e. The van der Waals surface area contributed by atoms with Crippen LogP contribution in [0.2, 0.25) is 0 Å². The molecule has 0 aromatic heterocycles. The Hall–Kier alpha value is -1.69. The molecule has 0 aliphatic heterocycles. The standard InChI is InChI=1S/C14H19FN2O3/c1-9-5-13(14(17(19)20)7-12(9)15)16-8-10-3-2-4-11(18)6-10/h5,7,10-11,16,18H,2-4,6,8H2,1H3. The van der Waals surface area contributed by atoms with E-state index in [1.165, 1.54) is 6.07 Å². The van der Waals surface area contributed by atoms with E-state index in [1.807, 2.05) is 0 Å². The fourth-order valence-corrected chi connectivity index (χ4v) is 2.67. The molecule has 0 bridgehead atoms. The third-order valence-electron chi connectivity index (χ3n) is 3.81. The van der Waals surface area contributed by atoms with Crippen molar-refractivity contribution in [2.75, 3.05) is 11.9 Å². The van der Waals surface area contributed by atoms with E-state index in [1.54, 1.807) is 6.92 Å². The summed E-state index contributed by atoms with van der Waals surface area (Å²) >= 11 is 0. The third kappa shape index (κ3) is 3.45. The molecule has 0 radical (unpaired) electrons. The van der Waals surface area contributed by atoms with Gasteiger partial charge < -0.3 is 10.4 Å². The van der Waals surface area contributed by atoms with Crippen molar-refractivity contribution in [3.05, 3.63) is 33.6 Å². The highest BCUT2D eigenvalue weighted by atomic mass is 19.1. The summed E-state index contributed by atoms with van der Waals surface area (Å²) in [6.07, 6.45) is 3.23. The second-order valence-corrected chi connectivity index (χ2v) is 5.44. The van der Waals surface area contributed by atoms with Crippen LogP contribution in [0.3, 0.4) is 0 Å². The van der Waals surface area contributed by atoms with E-state index in [4.69, 9.17) is 0 Å². The zero-order chi connectivity index (χ0) is 14.7. The third-order valence-corrected chi connectivity index (χ3v) is 3.81. The molecule has 2 unspecified atom stereocenters. The number of anilines is 1. The van der Waals surface area contributed by atoms with Gasteiger partial charge in [-0.05, 0) is 43.7 Å². The predicted octanol–water partition coefficient (Wildman–Crippen LogP) is 3.01. The van der Waals surface area contributed by atoms with Crippen LogP contribution in [0.15, 0.2) is 12.1 Å². The Bertz CT molecular complexity index is 507. The number of halogens is 1. The lowest BCUT2D eigenvalue weighted by molar-refractivity contribution is -0.384. The number of hydrogen-bond donors (Lipinski definition) is 2. The summed E-state index contributed by atoms with van der Waals surface area (Å²) in [7, 11) is 0. The molecule has 0 amide bonds. The van der Waals surface area contributed by atoms with E-state index in [2.05, 4.69) is 5.32 Å². The van der Waals surface area contributed by atoms with E-state index in [0.717, 1.165) is 25.3 Å². The van der Waals surface area contributed by atoms with Gasteiger partial charge in [-0.3, -0.25) is 10.1 Å². The Labute approximate surface area is 117 Å². The van der Waals surface area contributed by atoms with Crippen molar-refractivity contribution in [2.45, 2.75) is 38.7 Å². The summed E-state index contributed by atoms with van der Waals surface area (Å²) in [5.74, 6) is -0.279. The van der Waals surface area contributed by atoms with Crippen LogP contribution in [-0.2, 0) is 0 Å². The van der Waals surface area contributed by atoms with Gasteiger partial charge in [0.15, 0.2) is 0 Å². The van der Waals surface area contributed by atoms with Crippen molar-refractivity contribution in [3.8, 4) is 0 Å². The molecule has 1 fully saturated rings. The Kier molecular flexibility index (Phi) is 4.54. The normalized spacial score (nSPS) is 22.6. The van der Waals surface area contributed by atoms with Gasteiger partial charge in [-0.2, -0.15) is 0 Å². The molecule has 1 aromatic rings. The number of hydrogen-bond acceptors (Lipinski definition) is 4. The zero-order valence-corrected chi connectivity index (χ0v) is 11.4. The fraction of sp³-hybridized carbons (Fsp3) is 0.571. The quantitative estimate of drug-likeness (QED) is 0.657. The number of aryl methyl sites for hydroxylation is 1. The molecule has 0 spiro atoms. The Balaban J connectivity index is 2.08. The highest BCUT2D eigenvalue weighted by Crippen LogP contribution is 2.29. The van der Waals surface area contributed by atoms with Crippen molar-refractivity contribution in [2.24, 2.45) is 5.92 Å². The second-order valence-electron chi connectivity index (χ2n) is 5.44. The molecule has 2 rings (SSSR count). The predicted molar refractivity (Wildman–Crippen MR) is 74.2 cm³/mol. The molecule has 6 heteroatoms. The summed E-state index contributed by atoms with van der Waals surface area (Å²) in [5, 5.41) is 23.6. The number of benzene rings is 1. The van der Waals surface area contributed by atoms with Gasteiger partial charge in [0.05, 0.1) is 17.1 Å². The SMILES string of the molecule is Cc1cc(NCC2CCCC(O)C2)c([N+](=O)[O-])cc1F. The molecule has 1 aliphatic rings. The maximum atomic E-state index is 13.4. The summed E-state index contributed by atoms with van der Waals surface area (Å²) in [4.78, 5) is 10.4. The van der Waals surface area contributed by atoms with E-state index >= 15 is 0 Å². The van der Waals surface area contributed by atoms with Crippen LogP contribution in [-0.4, -0.2) is 22.7 Å². The Morgan fingerprint density at radius 2 is 2.25 bits per heavy atom. The topological polar surface area (TPSA) is 75.4 Å². The number of nitrogens with zero attached hydrogens (tertiary/aromatic N) is 1. The van der Waals surface area contributed by atoms with Crippen LogP contribution < -0.4 is 5.32 Å². The van der Waals surface area contributed by atoms with E-state index in [0.29, 0.717) is 30.1 Å². The van der Waals surface area contributed by atoms with Crippen molar-refractivity contribution < 1.29 is 14.4 Å². The highest BCUT2D eigenvalue weighted by Gasteiger charge is 2.22. The monoisotopic (exact) mass is 282 g/mol. The minimum atomic E-state index is -0.583. The first-order valence-electron chi connectivity index (χ1n) is 6.84. The first-order chi connectivity index (χ1) is 9.47. The summed E-state index contributed by atoms with van der Waals surface area (Å²) in [6.45, 7) is 2.14. The molecule has 1 aromatic carbocycles. The maximum absolute atomic E-state index is 13.4. The van der Waals surface area contributed by atoms with Gasteiger partial charge in [-0.1, -0.05) is 6.42 Å². The molecule has 2 N–H and O–H groups in total. The minimum Gasteiger partial charge on any atom is -0.393 e. The molecular weight excluding hydrogens is 263 g/mol. The number of aliphatic hydroxyl groups is 1. The lowest BCUT2D eigenvalue weighted by Crippen LogP contribution is -2.25. The van der Waals surface area contributed by atoms with Crippen LogP contribution in [0.4, 0.5) is 15.8 Å². The number of aliphatic hydroxyl groups excluding tert-OH is 1. The lowest BCUT2D eigenvalue weighted by atomic mass is 9.87. The summed E-state index contributed by atoms with van der Waals surface area (Å²) in [5.41, 5.74) is 0.472. The summed E-state index contributed by atoms with van der Waals surface area (Å²) in [6, 6.07) is 2.42. The highest BCUT2D eigenvalue weighted by molar-refractivity contribution is 5.63. The van der Waals surface area contributed by atoms with Crippen LogP contribution >= 0.6 is 0 Å². The van der Waals surface area contributed by atoms with Crippen molar-refractivity contribution in [3.63, 3.8) is 0 Å². The van der Waals surface area contributed by atoms with Gasteiger partial charge in [-0.15, -0.1) is 0 Å². The van der Waals surface area contributed by atoms with Crippen molar-refractivity contribution in [1.29, 1.82) is 0 Å².